The minimum Gasteiger partial charge on any atom is -0.381 e. The second kappa shape index (κ2) is 5.12. The van der Waals surface area contributed by atoms with Gasteiger partial charge in [-0.25, -0.2) is 4.68 Å². The van der Waals surface area contributed by atoms with Crippen molar-refractivity contribution in [3.63, 3.8) is 0 Å². The van der Waals surface area contributed by atoms with Crippen LogP contribution in [0.5, 0.6) is 0 Å². The Morgan fingerprint density at radius 1 is 1.37 bits per heavy atom. The van der Waals surface area contributed by atoms with Gasteiger partial charge >= 0.3 is 0 Å². The van der Waals surface area contributed by atoms with Gasteiger partial charge in [0, 0.05) is 0 Å². The van der Waals surface area contributed by atoms with E-state index in [1.165, 1.54) is 32.1 Å². The smallest absolute Gasteiger partial charge is 0.169 e. The summed E-state index contributed by atoms with van der Waals surface area (Å²) >= 11 is 0. The zero-order valence-corrected chi connectivity index (χ0v) is 11.8. The first-order valence-electron chi connectivity index (χ1n) is 7.58. The van der Waals surface area contributed by atoms with Gasteiger partial charge in [0.1, 0.15) is 0 Å². The summed E-state index contributed by atoms with van der Waals surface area (Å²) in [5, 5.41) is 8.18. The zero-order chi connectivity index (χ0) is 13.3. The normalized spacial score (nSPS) is 25.4. The van der Waals surface area contributed by atoms with E-state index in [4.69, 9.17) is 10.5 Å². The Hall–Kier alpha value is -1.10. The van der Waals surface area contributed by atoms with E-state index in [-0.39, 0.29) is 11.7 Å². The summed E-state index contributed by atoms with van der Waals surface area (Å²) in [4.78, 5) is 0. The quantitative estimate of drug-likeness (QED) is 0.906. The van der Waals surface area contributed by atoms with Gasteiger partial charge in [-0.2, -0.15) is 0 Å². The molecule has 1 unspecified atom stereocenters. The van der Waals surface area contributed by atoms with E-state index in [2.05, 4.69) is 17.2 Å². The molecular formula is C14H24N4O. The highest BCUT2D eigenvalue weighted by atomic mass is 16.5. The summed E-state index contributed by atoms with van der Waals surface area (Å²) in [6.07, 6.45) is 9.78. The highest BCUT2D eigenvalue weighted by molar-refractivity contribution is 5.32. The van der Waals surface area contributed by atoms with Crippen molar-refractivity contribution in [3.05, 3.63) is 5.69 Å². The predicted octanol–water partition coefficient (Wildman–Crippen LogP) is 2.30. The van der Waals surface area contributed by atoms with Gasteiger partial charge in [-0.3, -0.25) is 0 Å². The molecule has 2 fully saturated rings. The van der Waals surface area contributed by atoms with Crippen LogP contribution in [0.15, 0.2) is 0 Å². The third-order valence-corrected chi connectivity index (χ3v) is 4.58. The number of nitrogen functional groups attached to an aromatic ring is 1. The Morgan fingerprint density at radius 2 is 2.16 bits per heavy atom. The molecule has 1 aromatic heterocycles. The van der Waals surface area contributed by atoms with Crippen molar-refractivity contribution >= 4 is 5.82 Å². The summed E-state index contributed by atoms with van der Waals surface area (Å²) in [5.41, 5.74) is 7.15. The first-order chi connectivity index (χ1) is 9.22. The van der Waals surface area contributed by atoms with E-state index in [1.54, 1.807) is 0 Å². The fourth-order valence-electron chi connectivity index (χ4n) is 3.59. The minimum absolute atomic E-state index is 0.196. The molecule has 0 aromatic carbocycles. The average Bonchev–Trinajstić information content (AvgIpc) is 3.09. The molecule has 1 aromatic rings. The van der Waals surface area contributed by atoms with E-state index in [1.807, 2.05) is 4.68 Å². The van der Waals surface area contributed by atoms with Crippen LogP contribution in [-0.2, 0) is 17.7 Å². The summed E-state index contributed by atoms with van der Waals surface area (Å²) in [6.45, 7) is 2.96. The summed E-state index contributed by atoms with van der Waals surface area (Å²) < 4.78 is 8.28. The Kier molecular flexibility index (Phi) is 3.48. The van der Waals surface area contributed by atoms with Crippen molar-refractivity contribution in [3.8, 4) is 0 Å². The summed E-state index contributed by atoms with van der Waals surface area (Å²) in [7, 11) is 0. The molecule has 106 valence electrons. The Labute approximate surface area is 114 Å². The van der Waals surface area contributed by atoms with Crippen LogP contribution < -0.4 is 5.73 Å². The molecular weight excluding hydrogens is 240 g/mol. The topological polar surface area (TPSA) is 66.0 Å². The van der Waals surface area contributed by atoms with E-state index >= 15 is 0 Å². The molecule has 1 saturated carbocycles. The summed E-state index contributed by atoms with van der Waals surface area (Å²) in [5.74, 6) is 0.579. The molecule has 2 heterocycles. The van der Waals surface area contributed by atoms with Gasteiger partial charge in [-0.05, 0) is 32.1 Å². The second-order valence-electron chi connectivity index (χ2n) is 6.02. The van der Waals surface area contributed by atoms with Crippen molar-refractivity contribution in [2.75, 3.05) is 5.73 Å². The Balaban J connectivity index is 1.66. The molecule has 5 nitrogen and oxygen atoms in total. The number of hydrogen-bond donors (Lipinski definition) is 1. The van der Waals surface area contributed by atoms with Crippen molar-refractivity contribution in [1.29, 1.82) is 0 Å². The molecule has 0 amide bonds. The fourth-order valence-corrected chi connectivity index (χ4v) is 3.59. The number of ether oxygens (including phenoxy) is 1. The Morgan fingerprint density at radius 3 is 2.89 bits per heavy atom. The minimum atomic E-state index is 0.196. The Bertz CT molecular complexity index is 437. The van der Waals surface area contributed by atoms with Crippen molar-refractivity contribution in [1.82, 2.24) is 15.0 Å². The van der Waals surface area contributed by atoms with Crippen molar-refractivity contribution in [2.24, 2.45) is 0 Å². The number of anilines is 1. The van der Waals surface area contributed by atoms with Crippen LogP contribution in [0, 0.1) is 0 Å². The number of nitrogens with zero attached hydrogens (tertiary/aromatic N) is 3. The summed E-state index contributed by atoms with van der Waals surface area (Å²) in [6, 6.07) is 0. The number of rotatable bonds is 4. The van der Waals surface area contributed by atoms with Crippen LogP contribution in [0.3, 0.4) is 0 Å². The lowest BCUT2D eigenvalue weighted by molar-refractivity contribution is -0.0433. The van der Waals surface area contributed by atoms with E-state index in [9.17, 15) is 0 Å². The lowest BCUT2D eigenvalue weighted by atomic mass is 9.98. The standard InChI is InChI=1S/C14H24N4O/c1-2-5-12-13(15)16-17-18(12)10-11-6-9-14(19-11)7-3-4-8-14/h11H,2-10,15H2,1H3. The highest BCUT2D eigenvalue weighted by Crippen LogP contribution is 2.43. The first-order valence-corrected chi connectivity index (χ1v) is 7.58. The van der Waals surface area contributed by atoms with Crippen molar-refractivity contribution < 1.29 is 4.74 Å². The first kappa shape index (κ1) is 12.9. The van der Waals surface area contributed by atoms with Crippen LogP contribution in [0.4, 0.5) is 5.82 Å². The molecule has 1 aliphatic heterocycles. The SMILES string of the molecule is CCCc1c(N)nnn1CC1CCC2(CCCC2)O1. The highest BCUT2D eigenvalue weighted by Gasteiger charge is 2.42. The number of nitrogens with two attached hydrogens (primary N) is 1. The fraction of sp³-hybridized carbons (Fsp3) is 0.857. The molecule has 1 saturated heterocycles. The maximum absolute atomic E-state index is 6.33. The third kappa shape index (κ3) is 2.48. The van der Waals surface area contributed by atoms with Gasteiger partial charge in [0.25, 0.3) is 0 Å². The lowest BCUT2D eigenvalue weighted by Crippen LogP contribution is -2.27. The predicted molar refractivity (Wildman–Crippen MR) is 73.7 cm³/mol. The largest absolute Gasteiger partial charge is 0.381 e. The lowest BCUT2D eigenvalue weighted by Gasteiger charge is -2.23. The third-order valence-electron chi connectivity index (χ3n) is 4.58. The molecule has 19 heavy (non-hydrogen) atoms. The molecule has 3 rings (SSSR count). The number of aromatic nitrogens is 3. The second-order valence-corrected chi connectivity index (χ2v) is 6.02. The van der Waals surface area contributed by atoms with Gasteiger partial charge in [-0.15, -0.1) is 5.10 Å². The van der Waals surface area contributed by atoms with Gasteiger partial charge in [0.15, 0.2) is 5.82 Å². The average molecular weight is 264 g/mol. The molecule has 2 N–H and O–H groups in total. The van der Waals surface area contributed by atoms with Crippen LogP contribution in [-0.4, -0.2) is 26.7 Å². The molecule has 5 heteroatoms. The monoisotopic (exact) mass is 264 g/mol. The van der Waals surface area contributed by atoms with E-state index in [0.717, 1.165) is 31.5 Å². The maximum atomic E-state index is 6.33. The van der Waals surface area contributed by atoms with E-state index < -0.39 is 0 Å². The molecule has 2 aliphatic rings. The molecule has 0 bridgehead atoms. The van der Waals surface area contributed by atoms with Crippen molar-refractivity contribution in [2.45, 2.75) is 76.5 Å². The van der Waals surface area contributed by atoms with Gasteiger partial charge in [0.05, 0.1) is 23.9 Å². The maximum Gasteiger partial charge on any atom is 0.169 e. The molecule has 0 radical (unpaired) electrons. The van der Waals surface area contributed by atoms with Crippen LogP contribution in [0.25, 0.3) is 0 Å². The van der Waals surface area contributed by atoms with Crippen LogP contribution in [0.2, 0.25) is 0 Å². The van der Waals surface area contributed by atoms with Gasteiger partial charge in [0.2, 0.25) is 0 Å². The zero-order valence-electron chi connectivity index (χ0n) is 11.8. The number of hydrogen-bond acceptors (Lipinski definition) is 4. The van der Waals surface area contributed by atoms with Crippen LogP contribution in [0.1, 0.15) is 57.6 Å². The molecule has 1 spiro atoms. The van der Waals surface area contributed by atoms with Gasteiger partial charge < -0.3 is 10.5 Å². The molecule has 1 aliphatic carbocycles. The van der Waals surface area contributed by atoms with Crippen LogP contribution >= 0.6 is 0 Å². The van der Waals surface area contributed by atoms with Gasteiger partial charge in [-0.1, -0.05) is 31.4 Å². The molecule has 1 atom stereocenters. The van der Waals surface area contributed by atoms with E-state index in [0.29, 0.717) is 5.82 Å².